The summed E-state index contributed by atoms with van der Waals surface area (Å²) in [6.07, 6.45) is 14.0. The Morgan fingerprint density at radius 1 is 0.600 bits per heavy atom. The summed E-state index contributed by atoms with van der Waals surface area (Å²) in [7, 11) is 4.32. The molecule has 16 nitrogen and oxygen atoms in total. The lowest BCUT2D eigenvalue weighted by atomic mass is 9.85. The molecule has 0 unspecified atom stereocenters. The quantitative estimate of drug-likeness (QED) is 0.0796. The molecule has 19 heteroatoms. The Morgan fingerprint density at radius 3 is 1.25 bits per heavy atom. The topological polar surface area (TPSA) is 242 Å². The fourth-order valence-corrected chi connectivity index (χ4v) is 7.57. The number of esters is 3. The van der Waals surface area contributed by atoms with Crippen molar-refractivity contribution in [3.05, 3.63) is 0 Å². The van der Waals surface area contributed by atoms with E-state index in [0.717, 1.165) is 69.3 Å². The Kier molecular flexibility index (Phi) is 22.9. The summed E-state index contributed by atoms with van der Waals surface area (Å²) < 4.78 is 8.94. The number of aliphatic carboxylic acids is 2. The average molecular weight is 1190 g/mol. The number of halogens is 3. The summed E-state index contributed by atoms with van der Waals surface area (Å²) >= 11 is 4.24. The number of amides is 1. The number of carbonyl (C=O) groups excluding carboxylic acids is 8. The lowest BCUT2D eigenvalue weighted by molar-refractivity contribution is -0.170. The lowest BCUT2D eigenvalue weighted by Crippen LogP contribution is -2.28. The van der Waals surface area contributed by atoms with Crippen LogP contribution in [-0.2, 0) is 62.3 Å². The Balaban J connectivity index is 0.000000371. The van der Waals surface area contributed by atoms with Crippen LogP contribution in [0.25, 0.3) is 0 Å². The van der Waals surface area contributed by atoms with Crippen LogP contribution in [0, 0.1) is 27.1 Å². The number of hydrogen-bond acceptors (Lipinski definition) is 13. The summed E-state index contributed by atoms with van der Waals surface area (Å²) in [5.41, 5.74) is -0.259. The normalized spacial score (nSPS) is 21.1. The molecule has 1 aliphatic heterocycles. The van der Waals surface area contributed by atoms with E-state index in [0.29, 0.717) is 44.9 Å². The van der Waals surface area contributed by atoms with E-state index < -0.39 is 11.9 Å². The zero-order chi connectivity index (χ0) is 44.8. The highest BCUT2D eigenvalue weighted by Crippen LogP contribution is 2.55. The van der Waals surface area contributed by atoms with Crippen molar-refractivity contribution in [1.29, 1.82) is 0 Å². The van der Waals surface area contributed by atoms with Gasteiger partial charge in [0.2, 0.25) is 5.91 Å². The van der Waals surface area contributed by atoms with E-state index in [1.54, 1.807) is 6.92 Å². The van der Waals surface area contributed by atoms with Gasteiger partial charge in [-0.2, -0.15) is 0 Å². The molecule has 7 fully saturated rings. The third kappa shape index (κ3) is 21.3. The standard InChI is InChI=1S/C9H15NO4.C9H14O3.C8H12O3.C8H10O2.C7H8O3.I2.HI/c1-10(14-2)7(11)5-9(3-4-9)6-8(12)13;1-7(10)5-9(3-4-9)6-8(11)12-2;1-6(9)4-8(2-3-8)5-7(10)11;9-6-3-7(10)5-8(4-6)1-2-8;8-5-3-7(1-2-7)4-6(9)10-5;1-2;/h3-6H2,1-2H3,(H,12,13);3-6H2,1-2H3;2-5H2,1H3,(H,10,11);1-5H2;1-4H2;;1H. The highest BCUT2D eigenvalue weighted by molar-refractivity contribution is 15.0. The van der Waals surface area contributed by atoms with Gasteiger partial charge in [-0.05, 0) is 105 Å². The highest BCUT2D eigenvalue weighted by atomic mass is 128. The van der Waals surface area contributed by atoms with Gasteiger partial charge in [-0.25, -0.2) is 5.06 Å². The summed E-state index contributed by atoms with van der Waals surface area (Å²) in [4.78, 5) is 113. The number of nitrogens with zero attached hydrogens (tertiary/aromatic N) is 1. The minimum atomic E-state index is -0.838. The fraction of sp³-hybridized carbons (Fsp3) is 0.756. The van der Waals surface area contributed by atoms with Gasteiger partial charge in [0.05, 0.1) is 52.7 Å². The van der Waals surface area contributed by atoms with Gasteiger partial charge in [0.15, 0.2) is 0 Å². The molecule has 1 heterocycles. The van der Waals surface area contributed by atoms with Crippen molar-refractivity contribution in [3.8, 4) is 0 Å². The van der Waals surface area contributed by atoms with E-state index in [2.05, 4.69) is 46.7 Å². The number of ether oxygens (including phenoxy) is 2. The first kappa shape index (κ1) is 55.9. The molecule has 2 spiro atoms. The van der Waals surface area contributed by atoms with E-state index in [-0.39, 0.29) is 124 Å². The number of hydrogen-bond donors (Lipinski definition) is 2. The highest BCUT2D eigenvalue weighted by Gasteiger charge is 2.51. The first-order valence-corrected chi connectivity index (χ1v) is 26.0. The predicted molar refractivity (Wildman–Crippen MR) is 242 cm³/mol. The van der Waals surface area contributed by atoms with E-state index in [9.17, 15) is 47.9 Å². The molecule has 0 radical (unpaired) electrons. The maximum atomic E-state index is 11.4. The van der Waals surface area contributed by atoms with Gasteiger partial charge in [-0.15, -0.1) is 24.0 Å². The second-order valence-corrected chi connectivity index (χ2v) is 17.7. The first-order chi connectivity index (χ1) is 27.5. The SMILES string of the molecule is CC(=O)CC1(CC(=O)O)CC1.COC(=O)CC1(CC(C)=O)CC1.CON(C)C(=O)CC1(CC(=O)O)CC1.I.II.O=C1CC(=O)CC2(CC2)C1.O=C1CC2(CC2)CC(=O)O1. The first-order valence-electron chi connectivity index (χ1n) is 19.7. The van der Waals surface area contributed by atoms with Crippen LogP contribution in [0.2, 0.25) is 0 Å². The van der Waals surface area contributed by atoms with E-state index in [1.165, 1.54) is 28.2 Å². The Labute approximate surface area is 391 Å². The van der Waals surface area contributed by atoms with Crippen LogP contribution >= 0.6 is 61.2 Å². The van der Waals surface area contributed by atoms with Crippen molar-refractivity contribution in [2.75, 3.05) is 21.3 Å². The van der Waals surface area contributed by atoms with Crippen LogP contribution in [0.15, 0.2) is 0 Å². The Hall–Kier alpha value is -2.15. The van der Waals surface area contributed by atoms with Crippen LogP contribution < -0.4 is 0 Å². The second kappa shape index (κ2) is 24.6. The molecule has 6 saturated carbocycles. The van der Waals surface area contributed by atoms with Gasteiger partial charge in [0.25, 0.3) is 0 Å². The van der Waals surface area contributed by atoms with Crippen LogP contribution in [-0.4, -0.2) is 95.4 Å². The molecule has 0 aromatic carbocycles. The maximum Gasteiger partial charge on any atom is 0.314 e. The molecule has 0 aromatic heterocycles. The predicted octanol–water partition coefficient (Wildman–Crippen LogP) is 7.29. The fourth-order valence-electron chi connectivity index (χ4n) is 7.57. The minimum absolute atomic E-state index is 0. The number of hydroxylamine groups is 2. The third-order valence-corrected chi connectivity index (χ3v) is 11.8. The summed E-state index contributed by atoms with van der Waals surface area (Å²) in [6, 6.07) is 0. The van der Waals surface area contributed by atoms with Gasteiger partial charge in [0.1, 0.15) is 23.1 Å². The number of carboxylic acid groups (broad SMARTS) is 2. The largest absolute Gasteiger partial charge is 0.481 e. The monoisotopic (exact) mass is 1190 g/mol. The average Bonchev–Trinajstić information content (AvgIpc) is 3.83. The van der Waals surface area contributed by atoms with Crippen molar-refractivity contribution in [3.63, 3.8) is 0 Å². The van der Waals surface area contributed by atoms with Gasteiger partial charge in [-0.1, -0.05) is 0 Å². The smallest absolute Gasteiger partial charge is 0.314 e. The van der Waals surface area contributed by atoms with E-state index in [4.69, 9.17) is 15.1 Å². The molecule has 6 aliphatic carbocycles. The van der Waals surface area contributed by atoms with Gasteiger partial charge >= 0.3 is 29.8 Å². The molecule has 1 saturated heterocycles. The van der Waals surface area contributed by atoms with Crippen LogP contribution in [0.4, 0.5) is 0 Å². The summed E-state index contributed by atoms with van der Waals surface area (Å²) in [5, 5.41) is 18.3. The lowest BCUT2D eigenvalue weighted by Gasteiger charge is -2.17. The van der Waals surface area contributed by atoms with Crippen LogP contribution in [0.5, 0.6) is 0 Å². The molecule has 0 bridgehead atoms. The molecule has 1 amide bonds. The second-order valence-electron chi connectivity index (χ2n) is 17.7. The number of methoxy groups -OCH3 is 1. The molecular weight excluding hydrogens is 1130 g/mol. The molecule has 0 atom stereocenters. The number of carboxylic acids is 2. The summed E-state index contributed by atoms with van der Waals surface area (Å²) in [5.74, 6) is -2.08. The number of cyclic esters (lactones) is 2. The van der Waals surface area contributed by atoms with Crippen molar-refractivity contribution in [2.24, 2.45) is 27.1 Å². The van der Waals surface area contributed by atoms with Crippen molar-refractivity contribution in [2.45, 2.75) is 149 Å². The van der Waals surface area contributed by atoms with E-state index in [1.807, 2.05) is 0 Å². The number of carbonyl (C=O) groups is 10. The third-order valence-electron chi connectivity index (χ3n) is 11.8. The minimum Gasteiger partial charge on any atom is -0.481 e. The van der Waals surface area contributed by atoms with Crippen molar-refractivity contribution in [1.82, 2.24) is 5.06 Å². The molecule has 7 rings (SSSR count). The van der Waals surface area contributed by atoms with Crippen LogP contribution in [0.1, 0.15) is 149 Å². The molecule has 0 aromatic rings. The number of rotatable bonds is 13. The molecule has 340 valence electrons. The van der Waals surface area contributed by atoms with Gasteiger partial charge in [-0.3, -0.25) is 43.2 Å². The zero-order valence-electron chi connectivity index (χ0n) is 35.2. The summed E-state index contributed by atoms with van der Waals surface area (Å²) in [6.45, 7) is 3.08. The molecule has 2 N–H and O–H groups in total. The number of Topliss-reactive ketones (excluding diaryl/α,β-unsaturated/α-hetero) is 4. The molecular formula is C41H60I3NO15. The Bertz CT molecular complexity index is 1510. The zero-order valence-corrected chi connectivity index (χ0v) is 41.8. The molecule has 7 aliphatic rings. The molecule has 60 heavy (non-hydrogen) atoms. The van der Waals surface area contributed by atoms with Gasteiger partial charge < -0.3 is 29.3 Å². The van der Waals surface area contributed by atoms with Crippen molar-refractivity contribution < 1.29 is 72.5 Å². The number of ketones is 4. The van der Waals surface area contributed by atoms with Crippen molar-refractivity contribution >= 4 is 120 Å². The Morgan fingerprint density at radius 2 is 0.950 bits per heavy atom. The van der Waals surface area contributed by atoms with Crippen LogP contribution in [0.3, 0.4) is 0 Å². The van der Waals surface area contributed by atoms with Gasteiger partial charge in [0, 0.05) is 76.4 Å². The maximum absolute atomic E-state index is 11.4. The van der Waals surface area contributed by atoms with E-state index >= 15 is 0 Å².